The summed E-state index contributed by atoms with van der Waals surface area (Å²) in [5, 5.41) is 8.67. The van der Waals surface area contributed by atoms with Crippen LogP contribution in [0.3, 0.4) is 0 Å². The van der Waals surface area contributed by atoms with E-state index < -0.39 is 5.97 Å². The lowest BCUT2D eigenvalue weighted by Gasteiger charge is -2.22. The predicted molar refractivity (Wildman–Crippen MR) is 55.4 cm³/mol. The molecule has 1 N–H and O–H groups in total. The average Bonchev–Trinajstić information content (AvgIpc) is 2.16. The number of aromatic nitrogens is 2. The van der Waals surface area contributed by atoms with E-state index in [2.05, 4.69) is 9.97 Å². The van der Waals surface area contributed by atoms with Gasteiger partial charge in [-0.2, -0.15) is 0 Å². The minimum Gasteiger partial charge on any atom is -0.480 e. The molecule has 1 aromatic heterocycles. The highest BCUT2D eigenvalue weighted by molar-refractivity contribution is 5.69. The summed E-state index contributed by atoms with van der Waals surface area (Å²) in [4.78, 5) is 20.6. The number of carboxylic acid groups (broad SMARTS) is 1. The number of carboxylic acids is 1. The van der Waals surface area contributed by atoms with E-state index in [9.17, 15) is 4.79 Å². The van der Waals surface area contributed by atoms with E-state index >= 15 is 0 Å². The molecule has 0 aromatic carbocycles. The molecule has 0 amide bonds. The first-order valence-electron chi connectivity index (χ1n) is 4.72. The van der Waals surface area contributed by atoms with Crippen molar-refractivity contribution in [1.29, 1.82) is 0 Å². The van der Waals surface area contributed by atoms with Crippen molar-refractivity contribution < 1.29 is 9.90 Å². The van der Waals surface area contributed by atoms with Crippen LogP contribution < -0.4 is 0 Å². The standard InChI is InChI=1S/C10H15N3O2/c1-7-10(12-5-4-11-7)8(2)13(3)6-9(14)15/h4-5,8H,6H2,1-3H3,(H,14,15). The van der Waals surface area contributed by atoms with Crippen molar-refractivity contribution in [3.63, 3.8) is 0 Å². The van der Waals surface area contributed by atoms with Gasteiger partial charge in [0.15, 0.2) is 0 Å². The third-order valence-electron chi connectivity index (χ3n) is 2.36. The van der Waals surface area contributed by atoms with E-state index in [0.717, 1.165) is 11.4 Å². The van der Waals surface area contributed by atoms with Crippen LogP contribution in [0.25, 0.3) is 0 Å². The molecule has 5 heteroatoms. The lowest BCUT2D eigenvalue weighted by atomic mass is 10.1. The van der Waals surface area contributed by atoms with Crippen molar-refractivity contribution in [2.75, 3.05) is 13.6 Å². The molecule has 0 saturated carbocycles. The zero-order chi connectivity index (χ0) is 11.4. The van der Waals surface area contributed by atoms with Crippen LogP contribution in [-0.4, -0.2) is 39.5 Å². The number of hydrogen-bond acceptors (Lipinski definition) is 4. The Morgan fingerprint density at radius 3 is 2.67 bits per heavy atom. The molecule has 0 fully saturated rings. The molecule has 1 rings (SSSR count). The van der Waals surface area contributed by atoms with Crippen molar-refractivity contribution >= 4 is 5.97 Å². The van der Waals surface area contributed by atoms with Gasteiger partial charge >= 0.3 is 5.97 Å². The Bertz CT molecular complexity index is 354. The summed E-state index contributed by atoms with van der Waals surface area (Å²) in [6.45, 7) is 3.78. The highest BCUT2D eigenvalue weighted by Crippen LogP contribution is 2.17. The van der Waals surface area contributed by atoms with Crippen molar-refractivity contribution in [3.8, 4) is 0 Å². The van der Waals surface area contributed by atoms with Crippen molar-refractivity contribution in [2.24, 2.45) is 0 Å². The van der Waals surface area contributed by atoms with Crippen LogP contribution in [0.5, 0.6) is 0 Å². The summed E-state index contributed by atoms with van der Waals surface area (Å²) < 4.78 is 0. The molecule has 1 aromatic rings. The molecule has 1 heterocycles. The fourth-order valence-corrected chi connectivity index (χ4v) is 1.39. The number of aliphatic carboxylic acids is 1. The Kier molecular flexibility index (Phi) is 3.74. The molecule has 1 unspecified atom stereocenters. The third kappa shape index (κ3) is 2.99. The van der Waals surface area contributed by atoms with Crippen LogP contribution in [-0.2, 0) is 4.79 Å². The monoisotopic (exact) mass is 209 g/mol. The molecule has 0 aliphatic heterocycles. The molecule has 0 aliphatic rings. The third-order valence-corrected chi connectivity index (χ3v) is 2.36. The second-order valence-corrected chi connectivity index (χ2v) is 3.51. The van der Waals surface area contributed by atoms with Crippen LogP contribution in [0.2, 0.25) is 0 Å². The quantitative estimate of drug-likeness (QED) is 0.796. The molecule has 82 valence electrons. The Labute approximate surface area is 88.8 Å². The molecule has 0 spiro atoms. The fourth-order valence-electron chi connectivity index (χ4n) is 1.39. The van der Waals surface area contributed by atoms with Gasteiger partial charge in [-0.15, -0.1) is 0 Å². The summed E-state index contributed by atoms with van der Waals surface area (Å²) in [5.41, 5.74) is 1.66. The Balaban J connectivity index is 2.80. The molecule has 0 saturated heterocycles. The summed E-state index contributed by atoms with van der Waals surface area (Å²) in [5.74, 6) is -0.842. The van der Waals surface area contributed by atoms with Gasteiger partial charge in [-0.05, 0) is 20.9 Å². The van der Waals surface area contributed by atoms with Crippen LogP contribution in [0, 0.1) is 6.92 Å². The van der Waals surface area contributed by atoms with Crippen molar-refractivity contribution in [2.45, 2.75) is 19.9 Å². The Morgan fingerprint density at radius 2 is 2.13 bits per heavy atom. The van der Waals surface area contributed by atoms with E-state index in [1.54, 1.807) is 24.3 Å². The van der Waals surface area contributed by atoms with Crippen LogP contribution >= 0.6 is 0 Å². The fraction of sp³-hybridized carbons (Fsp3) is 0.500. The highest BCUT2D eigenvalue weighted by atomic mass is 16.4. The van der Waals surface area contributed by atoms with Crippen LogP contribution in [0.4, 0.5) is 0 Å². The van der Waals surface area contributed by atoms with Gasteiger partial charge in [-0.3, -0.25) is 19.7 Å². The second kappa shape index (κ2) is 4.84. The summed E-state index contributed by atoms with van der Waals surface area (Å²) in [6, 6.07) is -0.0465. The molecule has 1 atom stereocenters. The topological polar surface area (TPSA) is 66.3 Å². The minimum absolute atomic E-state index is 0.00280. The molecule has 0 radical (unpaired) electrons. The van der Waals surface area contributed by atoms with Crippen LogP contribution in [0.15, 0.2) is 12.4 Å². The Hall–Kier alpha value is -1.49. The van der Waals surface area contributed by atoms with Gasteiger partial charge < -0.3 is 5.11 Å². The summed E-state index contributed by atoms with van der Waals surface area (Å²) in [6.07, 6.45) is 3.25. The first-order chi connectivity index (χ1) is 7.02. The molecular weight excluding hydrogens is 194 g/mol. The summed E-state index contributed by atoms with van der Waals surface area (Å²) in [7, 11) is 1.76. The molecule has 0 aliphatic carbocycles. The maximum Gasteiger partial charge on any atom is 0.317 e. The number of nitrogens with zero attached hydrogens (tertiary/aromatic N) is 3. The van der Waals surface area contributed by atoms with E-state index in [-0.39, 0.29) is 12.6 Å². The highest BCUT2D eigenvalue weighted by Gasteiger charge is 2.17. The predicted octanol–water partition coefficient (Wildman–Crippen LogP) is 0.862. The number of likely N-dealkylation sites (N-methyl/N-ethyl adjacent to an activating group) is 1. The average molecular weight is 209 g/mol. The maximum atomic E-state index is 10.6. The molecular formula is C10H15N3O2. The second-order valence-electron chi connectivity index (χ2n) is 3.51. The minimum atomic E-state index is -0.842. The van der Waals surface area contributed by atoms with E-state index in [1.165, 1.54) is 0 Å². The number of carbonyl (C=O) groups is 1. The van der Waals surface area contributed by atoms with Gasteiger partial charge in [0.25, 0.3) is 0 Å². The lowest BCUT2D eigenvalue weighted by molar-refractivity contribution is -0.138. The smallest absolute Gasteiger partial charge is 0.317 e. The largest absolute Gasteiger partial charge is 0.480 e. The molecule has 5 nitrogen and oxygen atoms in total. The number of rotatable bonds is 4. The normalized spacial score (nSPS) is 12.8. The molecule has 0 bridgehead atoms. The van der Waals surface area contributed by atoms with E-state index in [4.69, 9.17) is 5.11 Å². The van der Waals surface area contributed by atoms with Crippen molar-refractivity contribution in [1.82, 2.24) is 14.9 Å². The van der Waals surface area contributed by atoms with Gasteiger partial charge in [0.05, 0.1) is 24.0 Å². The van der Waals surface area contributed by atoms with Gasteiger partial charge in [-0.1, -0.05) is 0 Å². The van der Waals surface area contributed by atoms with Gasteiger partial charge in [0.1, 0.15) is 0 Å². The van der Waals surface area contributed by atoms with Gasteiger partial charge in [-0.25, -0.2) is 0 Å². The first kappa shape index (κ1) is 11.6. The zero-order valence-corrected chi connectivity index (χ0v) is 9.14. The first-order valence-corrected chi connectivity index (χ1v) is 4.72. The lowest BCUT2D eigenvalue weighted by Crippen LogP contribution is -2.29. The van der Waals surface area contributed by atoms with E-state index in [1.807, 2.05) is 13.8 Å². The SMILES string of the molecule is Cc1nccnc1C(C)N(C)CC(=O)O. The molecule has 15 heavy (non-hydrogen) atoms. The van der Waals surface area contributed by atoms with Crippen molar-refractivity contribution in [3.05, 3.63) is 23.8 Å². The number of aryl methyl sites for hydroxylation is 1. The van der Waals surface area contributed by atoms with Gasteiger partial charge in [0.2, 0.25) is 0 Å². The van der Waals surface area contributed by atoms with Gasteiger partial charge in [0, 0.05) is 12.4 Å². The maximum absolute atomic E-state index is 10.6. The summed E-state index contributed by atoms with van der Waals surface area (Å²) >= 11 is 0. The van der Waals surface area contributed by atoms with Crippen LogP contribution in [0.1, 0.15) is 24.4 Å². The number of hydrogen-bond donors (Lipinski definition) is 1. The van der Waals surface area contributed by atoms with E-state index in [0.29, 0.717) is 0 Å². The Morgan fingerprint density at radius 1 is 1.53 bits per heavy atom. The zero-order valence-electron chi connectivity index (χ0n) is 9.14.